The number of rotatable bonds is 3. The fourth-order valence-electron chi connectivity index (χ4n) is 0. The molecule has 0 bridgehead atoms. The van der Waals surface area contributed by atoms with E-state index in [1.165, 1.54) is 0 Å². The number of aliphatic carboxylic acids is 3. The molecule has 120 valence electrons. The molecule has 0 aliphatic heterocycles. The Morgan fingerprint density at radius 1 is 0.800 bits per heavy atom. The molecule has 0 radical (unpaired) electrons. The monoisotopic (exact) mass is 384 g/mol. The molecule has 0 fully saturated rings. The first kappa shape index (κ1) is 32.2. The molecule has 0 aromatic rings. The van der Waals surface area contributed by atoms with Crippen LogP contribution >= 0.6 is 37.9 Å². The predicted molar refractivity (Wildman–Crippen MR) is 81.8 cm³/mol. The van der Waals surface area contributed by atoms with Crippen molar-refractivity contribution in [2.24, 2.45) is 0 Å². The maximum atomic E-state index is 9.29. The van der Waals surface area contributed by atoms with Crippen molar-refractivity contribution in [2.75, 3.05) is 17.3 Å². The zero-order chi connectivity index (χ0) is 16.4. The van der Waals surface area contributed by atoms with E-state index in [0.717, 1.165) is 0 Å². The van der Waals surface area contributed by atoms with Crippen LogP contribution < -0.4 is 0 Å². The summed E-state index contributed by atoms with van der Waals surface area (Å²) in [6, 6.07) is 0. The van der Waals surface area contributed by atoms with Gasteiger partial charge in [0.25, 0.3) is 0 Å². The third-order valence-electron chi connectivity index (χ3n) is 0.406. The van der Waals surface area contributed by atoms with Crippen molar-refractivity contribution in [1.29, 1.82) is 0 Å². The Hall–Kier alpha value is 0.134. The van der Waals surface area contributed by atoms with Gasteiger partial charge in [0.15, 0.2) is 0 Å². The van der Waals surface area contributed by atoms with Crippen LogP contribution in [0.4, 0.5) is 0 Å². The number of carboxylic acids is 3. The fraction of sp³-hybridized carbons (Fsp3) is 0.667. The minimum Gasteiger partial charge on any atom is -0.481 e. The maximum Gasteiger partial charge on any atom is 0.313 e. The minimum atomic E-state index is -0.881. The Labute approximate surface area is 149 Å². The molecule has 0 aromatic carbocycles. The molecule has 0 aliphatic carbocycles. The average molecular weight is 384 g/mol. The van der Waals surface area contributed by atoms with Crippen LogP contribution in [0, 0.1) is 0 Å². The van der Waals surface area contributed by atoms with Crippen LogP contribution in [0.3, 0.4) is 0 Å². The molecule has 0 atom stereocenters. The molecule has 0 heterocycles. The third-order valence-corrected chi connectivity index (χ3v) is 1.22. The van der Waals surface area contributed by atoms with Crippen LogP contribution in [0.25, 0.3) is 0 Å². The summed E-state index contributed by atoms with van der Waals surface area (Å²) in [5.41, 5.74) is 0. The zero-order valence-electron chi connectivity index (χ0n) is 11.1. The first-order valence-electron chi connectivity index (χ1n) is 4.71. The Morgan fingerprint density at radius 2 is 0.850 bits per heavy atom. The second kappa shape index (κ2) is 27.5. The van der Waals surface area contributed by atoms with Crippen LogP contribution in [0.2, 0.25) is 0 Å². The van der Waals surface area contributed by atoms with Crippen molar-refractivity contribution in [3.8, 4) is 0 Å². The molecule has 0 aromatic heterocycles. The molecule has 7 nitrogen and oxygen atoms in total. The van der Waals surface area contributed by atoms with Crippen molar-refractivity contribution in [3.63, 3.8) is 0 Å². The van der Waals surface area contributed by atoms with Crippen LogP contribution in [0.15, 0.2) is 0 Å². The van der Waals surface area contributed by atoms with Gasteiger partial charge in [-0.25, -0.2) is 0 Å². The van der Waals surface area contributed by atoms with Gasteiger partial charge in [0.05, 0.1) is 17.3 Å². The number of carbonyl (C=O) groups is 3. The van der Waals surface area contributed by atoms with Gasteiger partial charge in [0.2, 0.25) is 0 Å². The summed E-state index contributed by atoms with van der Waals surface area (Å²) < 4.78 is 0. The molecule has 4 N–H and O–H groups in total. The summed E-state index contributed by atoms with van der Waals surface area (Å²) in [6.45, 7) is 3.44. The van der Waals surface area contributed by atoms with E-state index in [2.05, 4.69) is 37.9 Å². The van der Waals surface area contributed by atoms with Crippen molar-refractivity contribution >= 4 is 55.8 Å². The molecule has 0 unspecified atom stereocenters. The molecular weight excluding hydrogens is 364 g/mol. The summed E-state index contributed by atoms with van der Waals surface area (Å²) >= 11 is 10.2. The van der Waals surface area contributed by atoms with Gasteiger partial charge in [-0.2, -0.15) is 37.9 Å². The van der Waals surface area contributed by atoms with Crippen LogP contribution in [-0.4, -0.2) is 61.7 Å². The van der Waals surface area contributed by atoms with Crippen molar-refractivity contribution in [3.05, 3.63) is 0 Å². The maximum absolute atomic E-state index is 9.29. The molecule has 0 spiro atoms. The van der Waals surface area contributed by atoms with E-state index in [0.29, 0.717) is 0 Å². The zero-order valence-corrected chi connectivity index (χ0v) is 15.3. The van der Waals surface area contributed by atoms with Gasteiger partial charge in [0, 0.05) is 27.8 Å². The number of thiol groups is 3. The second-order valence-corrected chi connectivity index (χ2v) is 3.70. The van der Waals surface area contributed by atoms with Crippen LogP contribution in [-0.2, 0) is 36.1 Å². The fourth-order valence-corrected chi connectivity index (χ4v) is 0. The molecule has 0 saturated heterocycles. The van der Waals surface area contributed by atoms with Crippen molar-refractivity contribution in [1.82, 2.24) is 0 Å². The summed E-state index contributed by atoms with van der Waals surface area (Å²) in [4.78, 5) is 27.9. The van der Waals surface area contributed by atoms with Crippen molar-refractivity contribution < 1.29 is 56.5 Å². The number of aliphatic hydroxyl groups excluding tert-OH is 1. The van der Waals surface area contributed by atoms with E-state index >= 15 is 0 Å². The summed E-state index contributed by atoms with van der Waals surface area (Å²) in [5, 5.41) is 31.0. The van der Waals surface area contributed by atoms with Gasteiger partial charge in [-0.1, -0.05) is 0 Å². The van der Waals surface area contributed by atoms with Gasteiger partial charge in [-0.3, -0.25) is 14.4 Å². The average Bonchev–Trinajstić information content (AvgIpc) is 2.29. The largest absolute Gasteiger partial charge is 0.481 e. The van der Waals surface area contributed by atoms with Crippen molar-refractivity contribution in [2.45, 2.75) is 20.0 Å². The number of hydrogen-bond donors (Lipinski definition) is 7. The summed E-state index contributed by atoms with van der Waals surface area (Å²) in [5.74, 6) is -2.89. The Kier molecular flexibility index (Phi) is 44.2. The molecular formula is C9H20O7S3Ti. The van der Waals surface area contributed by atoms with Gasteiger partial charge in [-0.15, -0.1) is 0 Å². The van der Waals surface area contributed by atoms with Gasteiger partial charge in [-0.05, 0) is 13.8 Å². The van der Waals surface area contributed by atoms with E-state index in [4.69, 9.17) is 20.4 Å². The SMILES string of the molecule is CC(C)O.O=C(O)CS.O=C(O)CS.O=C(O)CS.[Ti]. The quantitative estimate of drug-likeness (QED) is 0.277. The summed E-state index contributed by atoms with van der Waals surface area (Å²) in [6.07, 6.45) is -0.167. The molecule has 0 amide bonds. The minimum absolute atomic E-state index is 0. The molecule has 0 rings (SSSR count). The Morgan fingerprint density at radius 3 is 0.850 bits per heavy atom. The van der Waals surface area contributed by atoms with Crippen LogP contribution in [0.1, 0.15) is 13.8 Å². The molecule has 0 saturated carbocycles. The van der Waals surface area contributed by atoms with E-state index in [9.17, 15) is 14.4 Å². The topological polar surface area (TPSA) is 132 Å². The Bertz CT molecular complexity index is 204. The van der Waals surface area contributed by atoms with E-state index < -0.39 is 17.9 Å². The molecule has 0 aliphatic rings. The smallest absolute Gasteiger partial charge is 0.313 e. The van der Waals surface area contributed by atoms with E-state index in [1.807, 2.05) is 0 Å². The molecule has 11 heteroatoms. The first-order valence-corrected chi connectivity index (χ1v) is 6.60. The number of carboxylic acid groups (broad SMARTS) is 3. The van der Waals surface area contributed by atoms with Gasteiger partial charge >= 0.3 is 17.9 Å². The van der Waals surface area contributed by atoms with E-state index in [1.54, 1.807) is 13.8 Å². The summed E-state index contributed by atoms with van der Waals surface area (Å²) in [7, 11) is 0. The Balaban J connectivity index is -0.0000000494. The van der Waals surface area contributed by atoms with E-state index in [-0.39, 0.29) is 45.1 Å². The normalized spacial score (nSPS) is 7.35. The number of hydrogen-bond acceptors (Lipinski definition) is 7. The first-order chi connectivity index (χ1) is 8.54. The number of aliphatic hydroxyl groups is 1. The predicted octanol–water partition coefficient (Wildman–Crippen LogP) is 0.387. The van der Waals surface area contributed by atoms with Gasteiger partial charge in [0.1, 0.15) is 0 Å². The second-order valence-electron chi connectivity index (χ2n) is 2.75. The molecule has 20 heavy (non-hydrogen) atoms. The van der Waals surface area contributed by atoms with Crippen LogP contribution in [0.5, 0.6) is 0 Å². The standard InChI is InChI=1S/C3H8O.3C2H4O2S.Ti/c1-3(2)4;3*3-2(4)1-5;/h3-4H,1-2H3;3*5H,1H2,(H,3,4);. The third kappa shape index (κ3) is 141. The van der Waals surface area contributed by atoms with Gasteiger partial charge < -0.3 is 20.4 Å².